The van der Waals surface area contributed by atoms with Crippen molar-refractivity contribution >= 4 is 28.1 Å². The Hall–Kier alpha value is -2.94. The van der Waals surface area contributed by atoms with Gasteiger partial charge in [0.1, 0.15) is 11.1 Å². The van der Waals surface area contributed by atoms with Gasteiger partial charge in [-0.2, -0.15) is 0 Å². The van der Waals surface area contributed by atoms with Gasteiger partial charge in [-0.25, -0.2) is 4.98 Å². The number of nitrogens with one attached hydrogen (secondary N) is 2. The maximum atomic E-state index is 12.9. The van der Waals surface area contributed by atoms with Crippen LogP contribution in [0, 0.1) is 11.8 Å². The molecule has 0 radical (unpaired) electrons. The quantitative estimate of drug-likeness (QED) is 0.531. The minimum atomic E-state index is -0.564. The molecule has 0 aromatic carbocycles. The molecule has 31 heavy (non-hydrogen) atoms. The molecule has 2 N–H and O–H groups in total. The monoisotopic (exact) mass is 443 g/mol. The van der Waals surface area contributed by atoms with E-state index in [0.717, 1.165) is 11.4 Å². The van der Waals surface area contributed by atoms with Gasteiger partial charge in [0.15, 0.2) is 4.96 Å². The van der Waals surface area contributed by atoms with E-state index in [1.807, 2.05) is 36.0 Å². The molecule has 0 atom stereocenters. The van der Waals surface area contributed by atoms with Gasteiger partial charge in [-0.05, 0) is 18.3 Å². The first-order valence-corrected chi connectivity index (χ1v) is 11.3. The normalized spacial score (nSPS) is 11.4. The van der Waals surface area contributed by atoms with Gasteiger partial charge < -0.3 is 15.2 Å². The Bertz CT molecular complexity index is 1100. The zero-order valence-electron chi connectivity index (χ0n) is 18.3. The van der Waals surface area contributed by atoms with Crippen molar-refractivity contribution in [1.29, 1.82) is 0 Å². The average molecular weight is 444 g/mol. The third-order valence-corrected chi connectivity index (χ3v) is 5.50. The Morgan fingerprint density at radius 1 is 1.03 bits per heavy atom. The molecule has 3 aromatic heterocycles. The molecular weight excluding hydrogens is 414 g/mol. The number of amides is 2. The van der Waals surface area contributed by atoms with Gasteiger partial charge in [0.25, 0.3) is 11.8 Å². The Morgan fingerprint density at radius 2 is 1.71 bits per heavy atom. The lowest BCUT2D eigenvalue weighted by molar-refractivity contribution is 0.0947. The number of aromatic nitrogens is 3. The first-order valence-electron chi connectivity index (χ1n) is 10.5. The van der Waals surface area contributed by atoms with E-state index in [2.05, 4.69) is 29.5 Å². The topological polar surface area (TPSA) is 97.5 Å². The van der Waals surface area contributed by atoms with Crippen LogP contribution in [-0.4, -0.2) is 32.3 Å². The van der Waals surface area contributed by atoms with Crippen LogP contribution in [0.3, 0.4) is 0 Å². The summed E-state index contributed by atoms with van der Waals surface area (Å²) in [5.74, 6) is -0.246. The number of imidazole rings is 1. The van der Waals surface area contributed by atoms with Crippen molar-refractivity contribution in [2.24, 2.45) is 11.8 Å². The second-order valence-corrected chi connectivity index (χ2v) is 9.32. The van der Waals surface area contributed by atoms with Crippen molar-refractivity contribution < 1.29 is 9.59 Å². The Labute approximate surface area is 185 Å². The number of hydrogen-bond acceptors (Lipinski definition) is 5. The van der Waals surface area contributed by atoms with Crippen LogP contribution in [0.1, 0.15) is 60.5 Å². The molecule has 0 saturated carbocycles. The van der Waals surface area contributed by atoms with Gasteiger partial charge in [-0.1, -0.05) is 27.7 Å². The predicted octanol–water partition coefficient (Wildman–Crippen LogP) is 2.92. The molecule has 3 aromatic rings. The van der Waals surface area contributed by atoms with Crippen LogP contribution in [0.25, 0.3) is 4.96 Å². The third-order valence-electron chi connectivity index (χ3n) is 4.72. The van der Waals surface area contributed by atoms with Crippen molar-refractivity contribution in [3.63, 3.8) is 0 Å². The van der Waals surface area contributed by atoms with E-state index < -0.39 is 17.2 Å². The van der Waals surface area contributed by atoms with Crippen LogP contribution in [0.15, 0.2) is 35.0 Å². The number of hydrogen-bond donors (Lipinski definition) is 2. The van der Waals surface area contributed by atoms with Gasteiger partial charge in [-0.15, -0.1) is 11.3 Å². The highest BCUT2D eigenvalue weighted by Crippen LogP contribution is 2.11. The summed E-state index contributed by atoms with van der Waals surface area (Å²) in [7, 11) is 0. The Kier molecular flexibility index (Phi) is 7.27. The highest BCUT2D eigenvalue weighted by Gasteiger charge is 2.20. The molecule has 0 fully saturated rings. The minimum absolute atomic E-state index is 0.0143. The first-order chi connectivity index (χ1) is 14.7. The lowest BCUT2D eigenvalue weighted by atomic mass is 10.1. The maximum absolute atomic E-state index is 12.9. The maximum Gasteiger partial charge on any atom is 0.257 e. The van der Waals surface area contributed by atoms with Crippen molar-refractivity contribution in [3.05, 3.63) is 57.2 Å². The SMILES string of the molecule is CC(C)CCNC(=O)c1cn(CC(C)C)cc(C(=O)NCc2cn3ccsc3n2)c1=O. The van der Waals surface area contributed by atoms with E-state index in [4.69, 9.17) is 0 Å². The van der Waals surface area contributed by atoms with Crippen LogP contribution in [-0.2, 0) is 13.1 Å². The summed E-state index contributed by atoms with van der Waals surface area (Å²) in [5.41, 5.74) is 0.0772. The van der Waals surface area contributed by atoms with Crippen LogP contribution in [0.2, 0.25) is 0 Å². The highest BCUT2D eigenvalue weighted by atomic mass is 32.1. The summed E-state index contributed by atoms with van der Waals surface area (Å²) < 4.78 is 3.62. The summed E-state index contributed by atoms with van der Waals surface area (Å²) in [6.07, 6.45) is 7.60. The molecular formula is C22H29N5O3S. The summed E-state index contributed by atoms with van der Waals surface area (Å²) in [4.78, 5) is 43.7. The number of pyridine rings is 1. The fourth-order valence-corrected chi connectivity index (χ4v) is 3.90. The number of thiazole rings is 1. The number of carbonyl (C=O) groups excluding carboxylic acids is 2. The zero-order chi connectivity index (χ0) is 22.5. The van der Waals surface area contributed by atoms with Crippen molar-refractivity contribution in [1.82, 2.24) is 24.6 Å². The minimum Gasteiger partial charge on any atom is -0.352 e. The molecule has 0 spiro atoms. The molecule has 0 aliphatic rings. The second kappa shape index (κ2) is 9.91. The lowest BCUT2D eigenvalue weighted by Crippen LogP contribution is -2.36. The number of nitrogens with zero attached hydrogens (tertiary/aromatic N) is 3. The number of fused-ring (bicyclic) bond motifs is 1. The average Bonchev–Trinajstić information content (AvgIpc) is 3.28. The van der Waals surface area contributed by atoms with E-state index in [-0.39, 0.29) is 23.6 Å². The molecule has 0 aliphatic carbocycles. The molecule has 0 bridgehead atoms. The van der Waals surface area contributed by atoms with Gasteiger partial charge in [0.2, 0.25) is 5.43 Å². The van der Waals surface area contributed by atoms with Crippen molar-refractivity contribution in [2.45, 2.75) is 47.2 Å². The summed E-state index contributed by atoms with van der Waals surface area (Å²) in [5, 5.41) is 7.48. The molecule has 3 rings (SSSR count). The molecule has 8 nitrogen and oxygen atoms in total. The van der Waals surface area contributed by atoms with Crippen LogP contribution in [0.5, 0.6) is 0 Å². The van der Waals surface area contributed by atoms with Gasteiger partial charge in [0.05, 0.1) is 12.2 Å². The van der Waals surface area contributed by atoms with E-state index in [0.29, 0.717) is 24.7 Å². The highest BCUT2D eigenvalue weighted by molar-refractivity contribution is 7.15. The standard InChI is InChI=1S/C22H29N5O3S/c1-14(2)5-6-23-20(29)17-12-26(10-15(3)4)13-18(19(17)28)21(30)24-9-16-11-27-7-8-31-22(27)25-16/h7-8,11-15H,5-6,9-10H2,1-4H3,(H,23,29)(H,24,30). The van der Waals surface area contributed by atoms with Crippen LogP contribution < -0.4 is 16.1 Å². The Morgan fingerprint density at radius 3 is 2.32 bits per heavy atom. The Balaban J connectivity index is 1.80. The fraction of sp³-hybridized carbons (Fsp3) is 0.455. The zero-order valence-corrected chi connectivity index (χ0v) is 19.2. The molecule has 0 saturated heterocycles. The van der Waals surface area contributed by atoms with Crippen molar-refractivity contribution in [3.8, 4) is 0 Å². The van der Waals surface area contributed by atoms with E-state index in [1.54, 1.807) is 4.57 Å². The van der Waals surface area contributed by atoms with E-state index in [9.17, 15) is 14.4 Å². The smallest absolute Gasteiger partial charge is 0.257 e. The van der Waals surface area contributed by atoms with Crippen LogP contribution in [0.4, 0.5) is 0 Å². The molecule has 0 unspecified atom stereocenters. The van der Waals surface area contributed by atoms with E-state index >= 15 is 0 Å². The van der Waals surface area contributed by atoms with Crippen LogP contribution >= 0.6 is 11.3 Å². The summed E-state index contributed by atoms with van der Waals surface area (Å²) in [6, 6.07) is 0. The van der Waals surface area contributed by atoms with Gasteiger partial charge in [0, 0.05) is 43.3 Å². The fourth-order valence-electron chi connectivity index (χ4n) is 3.18. The van der Waals surface area contributed by atoms with Gasteiger partial charge in [-0.3, -0.25) is 18.8 Å². The largest absolute Gasteiger partial charge is 0.352 e. The molecule has 3 heterocycles. The molecule has 2 amide bonds. The van der Waals surface area contributed by atoms with Crippen molar-refractivity contribution in [2.75, 3.05) is 6.54 Å². The third kappa shape index (κ3) is 5.81. The number of carbonyl (C=O) groups is 2. The summed E-state index contributed by atoms with van der Waals surface area (Å²) in [6.45, 7) is 9.46. The lowest BCUT2D eigenvalue weighted by Gasteiger charge is -2.14. The predicted molar refractivity (Wildman–Crippen MR) is 122 cm³/mol. The summed E-state index contributed by atoms with van der Waals surface area (Å²) >= 11 is 1.50. The number of rotatable bonds is 9. The van der Waals surface area contributed by atoms with Gasteiger partial charge >= 0.3 is 0 Å². The molecule has 0 aliphatic heterocycles. The molecule has 9 heteroatoms. The molecule has 166 valence electrons. The second-order valence-electron chi connectivity index (χ2n) is 8.45. The van der Waals surface area contributed by atoms with E-state index in [1.165, 1.54) is 23.7 Å². The first kappa shape index (κ1) is 22.7.